The Balaban J connectivity index is 2.01. The van der Waals surface area contributed by atoms with E-state index in [1.807, 2.05) is 19.1 Å². The van der Waals surface area contributed by atoms with Crippen LogP contribution >= 0.6 is 23.1 Å². The molecule has 112 valence electrons. The van der Waals surface area contributed by atoms with Gasteiger partial charge in [-0.25, -0.2) is 8.42 Å². The lowest BCUT2D eigenvalue weighted by molar-refractivity contribution is 0.600. The minimum Gasteiger partial charge on any atom is -0.257 e. The van der Waals surface area contributed by atoms with Gasteiger partial charge in [0.1, 0.15) is 0 Å². The Kier molecular flexibility index (Phi) is 5.38. The summed E-state index contributed by atoms with van der Waals surface area (Å²) in [5, 5.41) is 8.03. The van der Waals surface area contributed by atoms with Crippen molar-refractivity contribution in [2.75, 3.05) is 10.5 Å². The Morgan fingerprint density at radius 1 is 1.33 bits per heavy atom. The lowest BCUT2D eigenvalue weighted by atomic mass is 10.2. The molecule has 2 rings (SSSR count). The fraction of sp³-hybridized carbons (Fsp3) is 0.231. The molecule has 1 N–H and O–H groups in total. The molecule has 0 spiro atoms. The van der Waals surface area contributed by atoms with Gasteiger partial charge in [-0.15, -0.1) is 16.8 Å². The standard InChI is InChI=1S/C13H15N3O2S3/c1-3-8-19-13-15-14-12(20-13)16-21(17,18)9-11-6-4-10(2)5-7-11/h3-7H,1,8-9H2,2H3,(H,14,16). The zero-order valence-corrected chi connectivity index (χ0v) is 13.9. The summed E-state index contributed by atoms with van der Waals surface area (Å²) in [6.07, 6.45) is 1.76. The van der Waals surface area contributed by atoms with Crippen LogP contribution in [0, 0.1) is 6.92 Å². The molecular formula is C13H15N3O2S3. The molecule has 0 saturated heterocycles. The number of aromatic nitrogens is 2. The quantitative estimate of drug-likeness (QED) is 0.619. The van der Waals surface area contributed by atoms with Crippen molar-refractivity contribution in [3.8, 4) is 0 Å². The molecule has 0 atom stereocenters. The minimum absolute atomic E-state index is 0.0814. The summed E-state index contributed by atoms with van der Waals surface area (Å²) in [4.78, 5) is 0. The smallest absolute Gasteiger partial charge is 0.238 e. The average Bonchev–Trinajstić information content (AvgIpc) is 2.85. The summed E-state index contributed by atoms with van der Waals surface area (Å²) >= 11 is 2.68. The van der Waals surface area contributed by atoms with Crippen LogP contribution in [0.3, 0.4) is 0 Å². The lowest BCUT2D eigenvalue weighted by Gasteiger charge is -2.05. The number of hydrogen-bond acceptors (Lipinski definition) is 6. The van der Waals surface area contributed by atoms with Crippen LogP contribution in [0.25, 0.3) is 0 Å². The van der Waals surface area contributed by atoms with Crippen LogP contribution in [0.1, 0.15) is 11.1 Å². The maximum Gasteiger partial charge on any atom is 0.238 e. The van der Waals surface area contributed by atoms with Gasteiger partial charge in [-0.1, -0.05) is 59.0 Å². The number of anilines is 1. The van der Waals surface area contributed by atoms with Gasteiger partial charge in [0.15, 0.2) is 4.34 Å². The molecule has 0 aliphatic rings. The zero-order valence-electron chi connectivity index (χ0n) is 11.4. The first kappa shape index (κ1) is 16.0. The molecule has 0 fully saturated rings. The zero-order chi connectivity index (χ0) is 15.3. The lowest BCUT2D eigenvalue weighted by Crippen LogP contribution is -2.14. The van der Waals surface area contributed by atoms with Crippen LogP contribution < -0.4 is 4.72 Å². The van der Waals surface area contributed by atoms with E-state index in [1.54, 1.807) is 18.2 Å². The van der Waals surface area contributed by atoms with Gasteiger partial charge in [-0.05, 0) is 12.5 Å². The Bertz CT molecular complexity index is 709. The van der Waals surface area contributed by atoms with Crippen molar-refractivity contribution in [3.05, 3.63) is 48.0 Å². The van der Waals surface area contributed by atoms with Gasteiger partial charge in [0, 0.05) is 5.75 Å². The number of rotatable bonds is 7. The van der Waals surface area contributed by atoms with Crippen LogP contribution in [-0.2, 0) is 15.8 Å². The average molecular weight is 341 g/mol. The fourth-order valence-electron chi connectivity index (χ4n) is 1.51. The normalized spacial score (nSPS) is 11.3. The Hall–Kier alpha value is -1.38. The van der Waals surface area contributed by atoms with E-state index in [1.165, 1.54) is 23.1 Å². The van der Waals surface area contributed by atoms with Crippen molar-refractivity contribution in [1.82, 2.24) is 10.2 Å². The molecule has 0 radical (unpaired) electrons. The number of nitrogens with zero attached hydrogens (tertiary/aromatic N) is 2. The third-order valence-corrected chi connectivity index (χ3v) is 5.77. The summed E-state index contributed by atoms with van der Waals surface area (Å²) in [5.74, 6) is 0.632. The number of aryl methyl sites for hydroxylation is 1. The highest BCUT2D eigenvalue weighted by molar-refractivity contribution is 8.01. The maximum absolute atomic E-state index is 12.1. The second-order valence-electron chi connectivity index (χ2n) is 4.32. The van der Waals surface area contributed by atoms with E-state index in [0.29, 0.717) is 10.1 Å². The molecular weight excluding hydrogens is 326 g/mol. The highest BCUT2D eigenvalue weighted by atomic mass is 32.2. The Morgan fingerprint density at radius 2 is 2.05 bits per heavy atom. The molecule has 1 aromatic carbocycles. The van der Waals surface area contributed by atoms with E-state index in [2.05, 4.69) is 21.5 Å². The number of hydrogen-bond donors (Lipinski definition) is 1. The highest BCUT2D eigenvalue weighted by Crippen LogP contribution is 2.26. The van der Waals surface area contributed by atoms with Crippen LogP contribution in [0.4, 0.5) is 5.13 Å². The van der Waals surface area contributed by atoms with Gasteiger partial charge < -0.3 is 0 Å². The van der Waals surface area contributed by atoms with E-state index >= 15 is 0 Å². The van der Waals surface area contributed by atoms with Crippen molar-refractivity contribution in [3.63, 3.8) is 0 Å². The molecule has 8 heteroatoms. The van der Waals surface area contributed by atoms with E-state index < -0.39 is 10.0 Å². The molecule has 0 amide bonds. The predicted molar refractivity (Wildman–Crippen MR) is 88.3 cm³/mol. The summed E-state index contributed by atoms with van der Waals surface area (Å²) in [6, 6.07) is 7.39. The summed E-state index contributed by atoms with van der Waals surface area (Å²) in [6.45, 7) is 5.58. The van der Waals surface area contributed by atoms with Gasteiger partial charge in [0.05, 0.1) is 5.75 Å². The summed E-state index contributed by atoms with van der Waals surface area (Å²) in [7, 11) is -3.48. The number of sulfonamides is 1. The van der Waals surface area contributed by atoms with E-state index in [4.69, 9.17) is 0 Å². The van der Waals surface area contributed by atoms with Crippen molar-refractivity contribution < 1.29 is 8.42 Å². The molecule has 21 heavy (non-hydrogen) atoms. The van der Waals surface area contributed by atoms with E-state index in [9.17, 15) is 8.42 Å². The largest absolute Gasteiger partial charge is 0.257 e. The second-order valence-corrected chi connectivity index (χ2v) is 8.29. The molecule has 0 unspecified atom stereocenters. The molecule has 1 aromatic heterocycles. The molecule has 1 heterocycles. The van der Waals surface area contributed by atoms with Gasteiger partial charge >= 0.3 is 0 Å². The third kappa shape index (κ3) is 5.14. The first-order valence-corrected chi connectivity index (χ1v) is 9.57. The first-order valence-electron chi connectivity index (χ1n) is 6.12. The number of nitrogens with one attached hydrogen (secondary N) is 1. The van der Waals surface area contributed by atoms with Crippen molar-refractivity contribution in [1.29, 1.82) is 0 Å². The Labute approximate surface area is 132 Å². The van der Waals surface area contributed by atoms with Gasteiger partial charge in [-0.2, -0.15) is 0 Å². The third-order valence-electron chi connectivity index (χ3n) is 2.45. The second kappa shape index (κ2) is 7.06. The summed E-state index contributed by atoms with van der Waals surface area (Å²) in [5.41, 5.74) is 1.83. The first-order chi connectivity index (χ1) is 9.98. The SMILES string of the molecule is C=CCSc1nnc(NS(=O)(=O)Cc2ccc(C)cc2)s1. The van der Waals surface area contributed by atoms with Crippen LogP contribution in [-0.4, -0.2) is 24.4 Å². The monoisotopic (exact) mass is 341 g/mol. The molecule has 0 saturated carbocycles. The van der Waals surface area contributed by atoms with Crippen LogP contribution in [0.15, 0.2) is 41.3 Å². The van der Waals surface area contributed by atoms with Crippen LogP contribution in [0.2, 0.25) is 0 Å². The fourth-order valence-corrected chi connectivity index (χ4v) is 4.43. The molecule has 0 aliphatic heterocycles. The molecule has 2 aromatic rings. The van der Waals surface area contributed by atoms with Crippen molar-refractivity contribution >= 4 is 38.3 Å². The number of benzene rings is 1. The predicted octanol–water partition coefficient (Wildman–Crippen LogP) is 3.07. The van der Waals surface area contributed by atoms with Gasteiger partial charge in [0.25, 0.3) is 0 Å². The Morgan fingerprint density at radius 3 is 2.71 bits per heavy atom. The van der Waals surface area contributed by atoms with Crippen LogP contribution in [0.5, 0.6) is 0 Å². The molecule has 0 aliphatic carbocycles. The van der Waals surface area contributed by atoms with Crippen molar-refractivity contribution in [2.45, 2.75) is 17.0 Å². The van der Waals surface area contributed by atoms with E-state index in [0.717, 1.165) is 11.1 Å². The van der Waals surface area contributed by atoms with Gasteiger partial charge in [-0.3, -0.25) is 4.72 Å². The van der Waals surface area contributed by atoms with E-state index in [-0.39, 0.29) is 10.9 Å². The van der Waals surface area contributed by atoms with Crippen molar-refractivity contribution in [2.24, 2.45) is 0 Å². The number of thioether (sulfide) groups is 1. The molecule has 0 bridgehead atoms. The summed E-state index contributed by atoms with van der Waals surface area (Å²) < 4.78 is 27.3. The topological polar surface area (TPSA) is 72.0 Å². The molecule has 5 nitrogen and oxygen atoms in total. The maximum atomic E-state index is 12.1. The minimum atomic E-state index is -3.48. The highest BCUT2D eigenvalue weighted by Gasteiger charge is 2.15. The van der Waals surface area contributed by atoms with Gasteiger partial charge in [0.2, 0.25) is 15.2 Å².